The maximum atomic E-state index is 13.0. The molecule has 6 nitrogen and oxygen atoms in total. The topological polar surface area (TPSA) is 69.7 Å². The first-order valence-electron chi connectivity index (χ1n) is 9.80. The van der Waals surface area contributed by atoms with Crippen molar-refractivity contribution in [3.63, 3.8) is 0 Å². The summed E-state index contributed by atoms with van der Waals surface area (Å²) in [6, 6.07) is 14.7. The summed E-state index contributed by atoms with van der Waals surface area (Å²) in [6.45, 7) is 3.37. The number of para-hydroxylation sites is 1. The van der Waals surface area contributed by atoms with Crippen LogP contribution in [0.1, 0.15) is 26.3 Å². The second-order valence-corrected chi connectivity index (χ2v) is 7.24. The lowest BCUT2D eigenvalue weighted by Crippen LogP contribution is -2.50. The number of piperazine rings is 1. The highest BCUT2D eigenvalue weighted by molar-refractivity contribution is 6.24. The molecule has 1 N–H and O–H groups in total. The van der Waals surface area contributed by atoms with Crippen LogP contribution in [0.5, 0.6) is 0 Å². The van der Waals surface area contributed by atoms with Gasteiger partial charge >= 0.3 is 0 Å². The molecule has 0 aromatic heterocycles. The standard InChI is InChI=1S/C23H23N3O3/c27-16-18-7-4-8-20-19(9-10-24-22(18)20)21(28)15-25-11-13-26(14-12-25)23(29)17-5-2-1-3-6-17/h1-9,16,24H,10-15H2. The number of Topliss-reactive ketones (excluding diaryl/α,β-unsaturated/α-hetero) is 1. The summed E-state index contributed by atoms with van der Waals surface area (Å²) in [5, 5.41) is 3.19. The van der Waals surface area contributed by atoms with Crippen molar-refractivity contribution in [3.05, 3.63) is 71.3 Å². The molecular weight excluding hydrogens is 366 g/mol. The number of carbonyl (C=O) groups is 3. The van der Waals surface area contributed by atoms with Crippen molar-refractivity contribution >= 4 is 29.2 Å². The Morgan fingerprint density at radius 1 is 0.966 bits per heavy atom. The number of nitrogens with zero attached hydrogens (tertiary/aromatic N) is 2. The molecule has 0 saturated carbocycles. The number of carbonyl (C=O) groups excluding carboxylic acids is 3. The van der Waals surface area contributed by atoms with Gasteiger partial charge in [0.05, 0.1) is 12.2 Å². The lowest BCUT2D eigenvalue weighted by molar-refractivity contribution is -0.115. The SMILES string of the molecule is O=Cc1cccc2c1NCC=C2C(=O)CN1CCN(C(=O)c2ccccc2)CC1. The third-order valence-corrected chi connectivity index (χ3v) is 5.45. The quantitative estimate of drug-likeness (QED) is 0.795. The maximum Gasteiger partial charge on any atom is 0.253 e. The molecule has 0 radical (unpaired) electrons. The van der Waals surface area contributed by atoms with Crippen LogP contribution < -0.4 is 5.32 Å². The van der Waals surface area contributed by atoms with Gasteiger partial charge < -0.3 is 10.2 Å². The van der Waals surface area contributed by atoms with Gasteiger partial charge in [-0.25, -0.2) is 0 Å². The van der Waals surface area contributed by atoms with Crippen LogP contribution in [-0.4, -0.2) is 67.0 Å². The molecule has 29 heavy (non-hydrogen) atoms. The van der Waals surface area contributed by atoms with Crippen LogP contribution in [0.15, 0.2) is 54.6 Å². The van der Waals surface area contributed by atoms with Crippen molar-refractivity contribution in [2.75, 3.05) is 44.6 Å². The smallest absolute Gasteiger partial charge is 0.253 e. The number of fused-ring (bicyclic) bond motifs is 1. The van der Waals surface area contributed by atoms with E-state index in [-0.39, 0.29) is 11.7 Å². The van der Waals surface area contributed by atoms with Crippen molar-refractivity contribution in [2.45, 2.75) is 0 Å². The highest BCUT2D eigenvalue weighted by atomic mass is 16.2. The molecule has 148 valence electrons. The lowest BCUT2D eigenvalue weighted by atomic mass is 9.94. The Hall–Kier alpha value is -3.25. The number of hydrogen-bond donors (Lipinski definition) is 1. The molecule has 1 amide bonds. The first-order valence-corrected chi connectivity index (χ1v) is 9.80. The van der Waals surface area contributed by atoms with Gasteiger partial charge in [0.2, 0.25) is 0 Å². The summed E-state index contributed by atoms with van der Waals surface area (Å²) in [4.78, 5) is 40.7. The highest BCUT2D eigenvalue weighted by Crippen LogP contribution is 2.30. The summed E-state index contributed by atoms with van der Waals surface area (Å²) < 4.78 is 0. The Labute approximate surface area is 169 Å². The molecule has 1 fully saturated rings. The molecule has 0 aliphatic carbocycles. The Morgan fingerprint density at radius 2 is 1.72 bits per heavy atom. The number of amides is 1. The molecule has 6 heteroatoms. The largest absolute Gasteiger partial charge is 0.380 e. The Morgan fingerprint density at radius 3 is 2.45 bits per heavy atom. The minimum atomic E-state index is 0.0351. The first-order chi connectivity index (χ1) is 14.2. The van der Waals surface area contributed by atoms with Gasteiger partial charge in [-0.15, -0.1) is 0 Å². The van der Waals surface area contributed by atoms with E-state index in [9.17, 15) is 14.4 Å². The van der Waals surface area contributed by atoms with E-state index in [1.54, 1.807) is 12.1 Å². The van der Waals surface area contributed by atoms with Gasteiger partial charge in [0.1, 0.15) is 0 Å². The normalized spacial score (nSPS) is 16.4. The van der Waals surface area contributed by atoms with E-state index in [4.69, 9.17) is 0 Å². The predicted octanol–water partition coefficient (Wildman–Crippen LogP) is 2.34. The number of nitrogens with one attached hydrogen (secondary N) is 1. The molecule has 0 unspecified atom stereocenters. The van der Waals surface area contributed by atoms with Gasteiger partial charge in [-0.3, -0.25) is 19.3 Å². The zero-order valence-corrected chi connectivity index (χ0v) is 16.1. The van der Waals surface area contributed by atoms with E-state index >= 15 is 0 Å². The van der Waals surface area contributed by atoms with E-state index in [2.05, 4.69) is 10.2 Å². The van der Waals surface area contributed by atoms with Crippen molar-refractivity contribution in [1.29, 1.82) is 0 Å². The first kappa shape index (κ1) is 19.1. The zero-order valence-electron chi connectivity index (χ0n) is 16.1. The molecule has 0 spiro atoms. The van der Waals surface area contributed by atoms with Crippen molar-refractivity contribution in [1.82, 2.24) is 9.80 Å². The molecule has 2 aliphatic heterocycles. The number of aldehydes is 1. The van der Waals surface area contributed by atoms with E-state index in [1.807, 2.05) is 47.4 Å². The third kappa shape index (κ3) is 3.98. The summed E-state index contributed by atoms with van der Waals surface area (Å²) in [6.07, 6.45) is 2.69. The van der Waals surface area contributed by atoms with Crippen LogP contribution in [0.25, 0.3) is 5.57 Å². The third-order valence-electron chi connectivity index (χ3n) is 5.45. The van der Waals surface area contributed by atoms with Crippen LogP contribution in [0.3, 0.4) is 0 Å². The molecule has 1 saturated heterocycles. The van der Waals surface area contributed by atoms with Gasteiger partial charge in [0.15, 0.2) is 12.1 Å². The van der Waals surface area contributed by atoms with Crippen molar-refractivity contribution < 1.29 is 14.4 Å². The monoisotopic (exact) mass is 389 g/mol. The summed E-state index contributed by atoms with van der Waals surface area (Å²) in [5.74, 6) is 0.0756. The van der Waals surface area contributed by atoms with E-state index in [0.717, 1.165) is 17.5 Å². The number of anilines is 1. The number of ketones is 1. The average Bonchev–Trinajstić information content (AvgIpc) is 2.78. The van der Waals surface area contributed by atoms with Crippen LogP contribution >= 0.6 is 0 Å². The van der Waals surface area contributed by atoms with Gasteiger partial charge in [0, 0.05) is 55.0 Å². The Kier molecular flexibility index (Phi) is 5.53. The number of rotatable bonds is 5. The van der Waals surface area contributed by atoms with Gasteiger partial charge in [0.25, 0.3) is 5.91 Å². The molecule has 2 heterocycles. The van der Waals surface area contributed by atoms with Crippen molar-refractivity contribution in [2.24, 2.45) is 0 Å². The second-order valence-electron chi connectivity index (χ2n) is 7.24. The Bertz CT molecular complexity index is 961. The summed E-state index contributed by atoms with van der Waals surface area (Å²) >= 11 is 0. The lowest BCUT2D eigenvalue weighted by Gasteiger charge is -2.34. The molecule has 0 bridgehead atoms. The summed E-state index contributed by atoms with van der Waals surface area (Å²) in [7, 11) is 0. The van der Waals surface area contributed by atoms with E-state index in [0.29, 0.717) is 56.0 Å². The molecular formula is C23H23N3O3. The second kappa shape index (κ2) is 8.41. The highest BCUT2D eigenvalue weighted by Gasteiger charge is 2.26. The van der Waals surface area contributed by atoms with Crippen LogP contribution in [-0.2, 0) is 4.79 Å². The molecule has 2 aliphatic rings. The molecule has 2 aromatic rings. The van der Waals surface area contributed by atoms with Crippen LogP contribution in [0, 0.1) is 0 Å². The van der Waals surface area contributed by atoms with Crippen LogP contribution in [0.4, 0.5) is 5.69 Å². The zero-order chi connectivity index (χ0) is 20.2. The minimum absolute atomic E-state index is 0.0351. The van der Waals surface area contributed by atoms with Gasteiger partial charge in [-0.2, -0.15) is 0 Å². The number of benzene rings is 2. The predicted molar refractivity (Wildman–Crippen MR) is 112 cm³/mol. The average molecular weight is 389 g/mol. The molecule has 2 aromatic carbocycles. The van der Waals surface area contributed by atoms with E-state index in [1.165, 1.54) is 0 Å². The van der Waals surface area contributed by atoms with Gasteiger partial charge in [-0.05, 0) is 18.2 Å². The fourth-order valence-corrected chi connectivity index (χ4v) is 3.88. The Balaban J connectivity index is 1.38. The van der Waals surface area contributed by atoms with Crippen molar-refractivity contribution in [3.8, 4) is 0 Å². The number of hydrogen-bond acceptors (Lipinski definition) is 5. The van der Waals surface area contributed by atoms with Crippen LogP contribution in [0.2, 0.25) is 0 Å². The summed E-state index contributed by atoms with van der Waals surface area (Å²) in [5.41, 5.74) is 3.43. The van der Waals surface area contributed by atoms with Gasteiger partial charge in [-0.1, -0.05) is 36.4 Å². The minimum Gasteiger partial charge on any atom is -0.380 e. The molecule has 4 rings (SSSR count). The maximum absolute atomic E-state index is 13.0. The van der Waals surface area contributed by atoms with E-state index < -0.39 is 0 Å². The fraction of sp³-hybridized carbons (Fsp3) is 0.261. The molecule has 0 atom stereocenters. The fourth-order valence-electron chi connectivity index (χ4n) is 3.88.